The highest BCUT2D eigenvalue weighted by molar-refractivity contribution is 7.15. The van der Waals surface area contributed by atoms with Crippen LogP contribution in [0.1, 0.15) is 21.8 Å². The molecule has 5 heteroatoms. The Morgan fingerprint density at radius 2 is 2.13 bits per heavy atom. The van der Waals surface area contributed by atoms with Gasteiger partial charge in [0.25, 0.3) is 0 Å². The van der Waals surface area contributed by atoms with E-state index in [-0.39, 0.29) is 5.91 Å². The first-order valence-electron chi connectivity index (χ1n) is 7.22. The van der Waals surface area contributed by atoms with Crippen molar-refractivity contribution >= 4 is 28.5 Å². The van der Waals surface area contributed by atoms with E-state index in [9.17, 15) is 4.79 Å². The first-order valence-corrected chi connectivity index (χ1v) is 8.03. The molecule has 0 aliphatic rings. The molecule has 1 amide bonds. The lowest BCUT2D eigenvalue weighted by Gasteiger charge is -1.99. The third-order valence-electron chi connectivity index (χ3n) is 3.22. The number of rotatable bonds is 5. The zero-order valence-electron chi connectivity index (χ0n) is 12.7. The van der Waals surface area contributed by atoms with Gasteiger partial charge in [0.15, 0.2) is 5.13 Å². The summed E-state index contributed by atoms with van der Waals surface area (Å²) in [7, 11) is 0. The lowest BCUT2D eigenvalue weighted by Crippen LogP contribution is -2.06. The topological polar surface area (TPSA) is 55.1 Å². The highest BCUT2D eigenvalue weighted by Gasteiger charge is 2.05. The molecule has 1 N–H and O–H groups in total. The molecule has 0 fully saturated rings. The molecule has 3 rings (SSSR count). The van der Waals surface area contributed by atoms with Gasteiger partial charge in [0, 0.05) is 23.6 Å². The van der Waals surface area contributed by atoms with Gasteiger partial charge in [0.05, 0.1) is 6.26 Å². The largest absolute Gasteiger partial charge is 0.465 e. The Morgan fingerprint density at radius 1 is 1.30 bits per heavy atom. The molecule has 0 saturated carbocycles. The number of hydrogen-bond acceptors (Lipinski definition) is 4. The zero-order chi connectivity index (χ0) is 16.1. The number of nitrogens with zero attached hydrogens (tertiary/aromatic N) is 1. The number of carbonyl (C=O) groups excluding carboxylic acids is 1. The number of benzene rings is 1. The van der Waals surface area contributed by atoms with Crippen molar-refractivity contribution in [2.24, 2.45) is 0 Å². The third kappa shape index (κ3) is 4.40. The lowest BCUT2D eigenvalue weighted by molar-refractivity contribution is -0.111. The minimum Gasteiger partial charge on any atom is -0.465 e. The van der Waals surface area contributed by atoms with Crippen molar-refractivity contribution in [2.75, 3.05) is 5.32 Å². The number of carbonyl (C=O) groups is 1. The van der Waals surface area contributed by atoms with E-state index in [1.54, 1.807) is 30.7 Å². The number of nitrogens with one attached hydrogen (secondary N) is 1. The van der Waals surface area contributed by atoms with Crippen LogP contribution in [0.2, 0.25) is 0 Å². The van der Waals surface area contributed by atoms with Crippen molar-refractivity contribution in [3.8, 4) is 0 Å². The second-order valence-corrected chi connectivity index (χ2v) is 6.25. The normalized spacial score (nSPS) is 11.0. The molecule has 116 valence electrons. The van der Waals surface area contributed by atoms with E-state index in [0.29, 0.717) is 10.9 Å². The Labute approximate surface area is 138 Å². The van der Waals surface area contributed by atoms with E-state index >= 15 is 0 Å². The summed E-state index contributed by atoms with van der Waals surface area (Å²) in [4.78, 5) is 17.2. The Kier molecular flexibility index (Phi) is 4.68. The maximum absolute atomic E-state index is 11.8. The minimum absolute atomic E-state index is 0.224. The van der Waals surface area contributed by atoms with Gasteiger partial charge in [-0.15, -0.1) is 11.3 Å². The molecule has 23 heavy (non-hydrogen) atoms. The van der Waals surface area contributed by atoms with Crippen LogP contribution in [0.4, 0.5) is 5.13 Å². The molecule has 0 saturated heterocycles. The zero-order valence-corrected chi connectivity index (χ0v) is 13.5. The Balaban J connectivity index is 1.58. The summed E-state index contributed by atoms with van der Waals surface area (Å²) in [5, 5.41) is 3.36. The summed E-state index contributed by atoms with van der Waals surface area (Å²) in [5.41, 5.74) is 2.48. The van der Waals surface area contributed by atoms with Gasteiger partial charge in [-0.25, -0.2) is 4.98 Å². The molecule has 0 aliphatic heterocycles. The fraction of sp³-hybridized carbons (Fsp3) is 0.111. The molecule has 0 aliphatic carbocycles. The molecule has 2 heterocycles. The highest BCUT2D eigenvalue weighted by Crippen LogP contribution is 2.21. The van der Waals surface area contributed by atoms with Crippen molar-refractivity contribution in [1.82, 2.24) is 4.98 Å². The average Bonchev–Trinajstić information content (AvgIpc) is 3.20. The van der Waals surface area contributed by atoms with Crippen LogP contribution < -0.4 is 5.32 Å². The van der Waals surface area contributed by atoms with Gasteiger partial charge in [-0.05, 0) is 30.7 Å². The third-order valence-corrected chi connectivity index (χ3v) is 4.14. The Bertz CT molecular complexity index is 802. The maximum atomic E-state index is 11.8. The Morgan fingerprint density at radius 3 is 2.87 bits per heavy atom. The Hall–Kier alpha value is -2.66. The van der Waals surface area contributed by atoms with Crippen molar-refractivity contribution in [2.45, 2.75) is 13.3 Å². The van der Waals surface area contributed by atoms with Crippen LogP contribution in [0, 0.1) is 6.92 Å². The van der Waals surface area contributed by atoms with Gasteiger partial charge in [-0.3, -0.25) is 10.1 Å². The second kappa shape index (κ2) is 7.07. The van der Waals surface area contributed by atoms with Gasteiger partial charge in [-0.2, -0.15) is 0 Å². The highest BCUT2D eigenvalue weighted by atomic mass is 32.1. The summed E-state index contributed by atoms with van der Waals surface area (Å²) >= 11 is 1.48. The second-order valence-electron chi connectivity index (χ2n) is 5.13. The predicted octanol–water partition coefficient (Wildman–Crippen LogP) is 4.29. The van der Waals surface area contributed by atoms with Crippen LogP contribution in [0.5, 0.6) is 0 Å². The first-order chi connectivity index (χ1) is 11.2. The van der Waals surface area contributed by atoms with Crippen LogP contribution >= 0.6 is 11.3 Å². The van der Waals surface area contributed by atoms with Gasteiger partial charge in [-0.1, -0.05) is 29.8 Å². The molecule has 0 bridgehead atoms. The van der Waals surface area contributed by atoms with Crippen molar-refractivity contribution < 1.29 is 9.21 Å². The molecule has 1 aromatic carbocycles. The number of furan rings is 1. The predicted molar refractivity (Wildman–Crippen MR) is 92.5 cm³/mol. The van der Waals surface area contributed by atoms with Gasteiger partial charge in [0.2, 0.25) is 5.91 Å². The molecule has 4 nitrogen and oxygen atoms in total. The number of anilines is 1. The molecule has 0 spiro atoms. The minimum atomic E-state index is -0.224. The van der Waals surface area contributed by atoms with E-state index in [0.717, 1.165) is 11.3 Å². The van der Waals surface area contributed by atoms with Crippen molar-refractivity contribution in [1.29, 1.82) is 0 Å². The fourth-order valence-corrected chi connectivity index (χ4v) is 2.89. The molecular weight excluding hydrogens is 308 g/mol. The van der Waals surface area contributed by atoms with Crippen LogP contribution in [-0.2, 0) is 11.2 Å². The van der Waals surface area contributed by atoms with Crippen LogP contribution in [-0.4, -0.2) is 10.9 Å². The van der Waals surface area contributed by atoms with Crippen LogP contribution in [0.25, 0.3) is 6.08 Å². The summed E-state index contributed by atoms with van der Waals surface area (Å²) in [5.74, 6) is 0.414. The molecule has 0 unspecified atom stereocenters. The fourth-order valence-electron chi connectivity index (χ4n) is 2.05. The molecule has 0 atom stereocenters. The van der Waals surface area contributed by atoms with E-state index in [4.69, 9.17) is 4.42 Å². The summed E-state index contributed by atoms with van der Waals surface area (Å²) in [6.07, 6.45) is 7.23. The van der Waals surface area contributed by atoms with Crippen molar-refractivity contribution in [3.63, 3.8) is 0 Å². The average molecular weight is 324 g/mol. The molecular formula is C18H16N2O2S. The quantitative estimate of drug-likeness (QED) is 0.712. The summed E-state index contributed by atoms with van der Waals surface area (Å²) in [6, 6.07) is 12.0. The van der Waals surface area contributed by atoms with Gasteiger partial charge >= 0.3 is 0 Å². The van der Waals surface area contributed by atoms with E-state index in [1.165, 1.54) is 28.5 Å². The molecule has 3 aromatic rings. The number of amides is 1. The smallest absolute Gasteiger partial charge is 0.250 e. The van der Waals surface area contributed by atoms with Gasteiger partial charge in [0.1, 0.15) is 5.76 Å². The maximum Gasteiger partial charge on any atom is 0.250 e. The summed E-state index contributed by atoms with van der Waals surface area (Å²) < 4.78 is 5.13. The van der Waals surface area contributed by atoms with E-state index in [2.05, 4.69) is 41.5 Å². The number of aromatic nitrogens is 1. The molecule has 0 radical (unpaired) electrons. The number of hydrogen-bond donors (Lipinski definition) is 1. The molecule has 2 aromatic heterocycles. The standard InChI is InChI=1S/C18H16N2O2S/c1-13-4-6-14(7-5-13)11-16-12-19-18(23-16)20-17(21)9-8-15-3-2-10-22-15/h2-10,12H,11H2,1H3,(H,19,20,21). The van der Waals surface area contributed by atoms with Crippen LogP contribution in [0.15, 0.2) is 59.4 Å². The number of thiazole rings is 1. The lowest BCUT2D eigenvalue weighted by atomic mass is 10.1. The summed E-state index contributed by atoms with van der Waals surface area (Å²) in [6.45, 7) is 2.07. The van der Waals surface area contributed by atoms with Crippen LogP contribution in [0.3, 0.4) is 0 Å². The number of aryl methyl sites for hydroxylation is 1. The first kappa shape index (κ1) is 15.2. The van der Waals surface area contributed by atoms with E-state index < -0.39 is 0 Å². The SMILES string of the molecule is Cc1ccc(Cc2cnc(NC(=O)C=Cc3ccco3)s2)cc1. The van der Waals surface area contributed by atoms with Gasteiger partial charge < -0.3 is 4.42 Å². The van der Waals surface area contributed by atoms with E-state index in [1.807, 2.05) is 0 Å². The van der Waals surface area contributed by atoms with Crippen molar-refractivity contribution in [3.05, 3.63) is 76.7 Å². The monoisotopic (exact) mass is 324 g/mol.